The molecular weight excluding hydrogens is 280 g/mol. The molecule has 0 spiro atoms. The van der Waals surface area contributed by atoms with Crippen LogP contribution >= 0.6 is 0 Å². The molecule has 1 fully saturated rings. The zero-order chi connectivity index (χ0) is 15.4. The smallest absolute Gasteiger partial charge is 0.330 e. The number of nitrogens with zero attached hydrogens (tertiary/aromatic N) is 1. The average molecular weight is 300 g/mol. The molecule has 2 rings (SSSR count). The van der Waals surface area contributed by atoms with Gasteiger partial charge in [-0.15, -0.1) is 0 Å². The van der Waals surface area contributed by atoms with Crippen LogP contribution in [-0.2, 0) is 14.2 Å². The number of aliphatic hydroxyl groups is 1. The van der Waals surface area contributed by atoms with Gasteiger partial charge in [-0.05, 0) is 0 Å². The lowest BCUT2D eigenvalue weighted by Crippen LogP contribution is -2.37. The van der Waals surface area contributed by atoms with E-state index in [0.717, 1.165) is 0 Å². The third-order valence-electron chi connectivity index (χ3n) is 3.60. The molecule has 21 heavy (non-hydrogen) atoms. The second-order valence-corrected chi connectivity index (χ2v) is 4.95. The van der Waals surface area contributed by atoms with Gasteiger partial charge in [0.25, 0.3) is 5.56 Å². The number of aliphatic hydroxyl groups excluding tert-OH is 1. The van der Waals surface area contributed by atoms with E-state index in [2.05, 4.69) is 4.98 Å². The molecule has 1 aliphatic heterocycles. The molecule has 1 aromatic heterocycles. The molecule has 0 aliphatic carbocycles. The summed E-state index contributed by atoms with van der Waals surface area (Å²) in [5.74, 6) is -0.101. The van der Waals surface area contributed by atoms with Crippen molar-refractivity contribution in [3.8, 4) is 0 Å². The van der Waals surface area contributed by atoms with Crippen LogP contribution in [0.2, 0.25) is 0 Å². The molecule has 2 heterocycles. The first-order chi connectivity index (χ1) is 10.1. The second kappa shape index (κ2) is 6.99. The highest BCUT2D eigenvalue weighted by atomic mass is 16.6. The summed E-state index contributed by atoms with van der Waals surface area (Å²) in [4.78, 5) is 25.2. The van der Waals surface area contributed by atoms with Crippen LogP contribution < -0.4 is 11.2 Å². The minimum Gasteiger partial charge on any atom is -0.394 e. The molecular formula is C13H20N2O6. The SMILES string of the molecule is COCCO[C@@H]1[C@H](C)[C@@H](CO)O[C@H]1n1ccc(=O)[nH]c1=O. The van der Waals surface area contributed by atoms with Crippen LogP contribution in [0.1, 0.15) is 13.2 Å². The molecule has 118 valence electrons. The van der Waals surface area contributed by atoms with Gasteiger partial charge in [0.2, 0.25) is 0 Å². The van der Waals surface area contributed by atoms with E-state index in [0.29, 0.717) is 13.2 Å². The van der Waals surface area contributed by atoms with Crippen LogP contribution in [0.15, 0.2) is 21.9 Å². The van der Waals surface area contributed by atoms with Gasteiger partial charge in [0.15, 0.2) is 6.23 Å². The molecule has 0 saturated carbocycles. The number of rotatable bonds is 6. The van der Waals surface area contributed by atoms with Crippen LogP contribution in [0.4, 0.5) is 0 Å². The first-order valence-corrected chi connectivity index (χ1v) is 6.76. The van der Waals surface area contributed by atoms with Crippen molar-refractivity contribution in [2.24, 2.45) is 5.92 Å². The number of ether oxygens (including phenoxy) is 3. The van der Waals surface area contributed by atoms with Gasteiger partial charge in [-0.2, -0.15) is 0 Å². The van der Waals surface area contributed by atoms with Crippen molar-refractivity contribution in [3.05, 3.63) is 33.1 Å². The molecule has 8 nitrogen and oxygen atoms in total. The zero-order valence-corrected chi connectivity index (χ0v) is 12.0. The number of nitrogens with one attached hydrogen (secondary N) is 1. The van der Waals surface area contributed by atoms with Crippen LogP contribution in [0, 0.1) is 5.92 Å². The number of hydrogen-bond acceptors (Lipinski definition) is 6. The number of methoxy groups -OCH3 is 1. The fraction of sp³-hybridized carbons (Fsp3) is 0.692. The summed E-state index contributed by atoms with van der Waals surface area (Å²) in [6, 6.07) is 1.24. The van der Waals surface area contributed by atoms with E-state index in [1.807, 2.05) is 6.92 Å². The third-order valence-corrected chi connectivity index (χ3v) is 3.60. The van der Waals surface area contributed by atoms with Crippen LogP contribution in [0.3, 0.4) is 0 Å². The summed E-state index contributed by atoms with van der Waals surface area (Å²) in [5.41, 5.74) is -1.04. The predicted octanol–water partition coefficient (Wildman–Crippen LogP) is -0.906. The molecule has 0 amide bonds. The maximum atomic E-state index is 11.9. The Hall–Kier alpha value is -1.48. The van der Waals surface area contributed by atoms with E-state index in [4.69, 9.17) is 14.2 Å². The molecule has 0 radical (unpaired) electrons. The van der Waals surface area contributed by atoms with Crippen molar-refractivity contribution in [1.82, 2.24) is 9.55 Å². The van der Waals surface area contributed by atoms with E-state index in [1.54, 1.807) is 7.11 Å². The Morgan fingerprint density at radius 2 is 2.19 bits per heavy atom. The maximum absolute atomic E-state index is 11.9. The molecule has 2 N–H and O–H groups in total. The van der Waals surface area contributed by atoms with Crippen molar-refractivity contribution in [2.75, 3.05) is 26.9 Å². The van der Waals surface area contributed by atoms with Gasteiger partial charge in [0, 0.05) is 25.3 Å². The van der Waals surface area contributed by atoms with E-state index >= 15 is 0 Å². The molecule has 1 saturated heterocycles. The Kier molecular flexibility index (Phi) is 5.29. The van der Waals surface area contributed by atoms with Crippen molar-refractivity contribution in [3.63, 3.8) is 0 Å². The molecule has 0 unspecified atom stereocenters. The van der Waals surface area contributed by atoms with Crippen molar-refractivity contribution >= 4 is 0 Å². The van der Waals surface area contributed by atoms with Crippen molar-refractivity contribution < 1.29 is 19.3 Å². The Balaban J connectivity index is 2.25. The number of hydrogen-bond donors (Lipinski definition) is 2. The molecule has 1 aromatic rings. The summed E-state index contributed by atoms with van der Waals surface area (Å²) in [5, 5.41) is 9.35. The van der Waals surface area contributed by atoms with Gasteiger partial charge < -0.3 is 19.3 Å². The van der Waals surface area contributed by atoms with Gasteiger partial charge in [-0.1, -0.05) is 6.92 Å². The average Bonchev–Trinajstić information content (AvgIpc) is 2.76. The number of aromatic amines is 1. The summed E-state index contributed by atoms with van der Waals surface area (Å²) < 4.78 is 17.6. The van der Waals surface area contributed by atoms with Crippen LogP contribution in [0.25, 0.3) is 0 Å². The lowest BCUT2D eigenvalue weighted by molar-refractivity contribution is -0.0793. The van der Waals surface area contributed by atoms with E-state index < -0.39 is 29.7 Å². The maximum Gasteiger partial charge on any atom is 0.330 e. The van der Waals surface area contributed by atoms with Gasteiger partial charge in [0.1, 0.15) is 6.10 Å². The lowest BCUT2D eigenvalue weighted by Gasteiger charge is -2.22. The largest absolute Gasteiger partial charge is 0.394 e. The van der Waals surface area contributed by atoms with E-state index in [1.165, 1.54) is 16.8 Å². The highest BCUT2D eigenvalue weighted by molar-refractivity contribution is 4.92. The first kappa shape index (κ1) is 15.9. The van der Waals surface area contributed by atoms with Crippen molar-refractivity contribution in [1.29, 1.82) is 0 Å². The fourth-order valence-corrected chi connectivity index (χ4v) is 2.41. The molecule has 0 bridgehead atoms. The van der Waals surface area contributed by atoms with Gasteiger partial charge in [-0.3, -0.25) is 14.3 Å². The molecule has 1 aliphatic rings. The normalized spacial score (nSPS) is 28.9. The molecule has 8 heteroatoms. The van der Waals surface area contributed by atoms with Crippen LogP contribution in [0.5, 0.6) is 0 Å². The number of H-pyrrole nitrogens is 1. The van der Waals surface area contributed by atoms with Crippen LogP contribution in [-0.4, -0.2) is 53.8 Å². The summed E-state index contributed by atoms with van der Waals surface area (Å²) in [7, 11) is 1.57. The highest BCUT2D eigenvalue weighted by Crippen LogP contribution is 2.34. The quantitative estimate of drug-likeness (QED) is 0.660. The Morgan fingerprint density at radius 3 is 2.81 bits per heavy atom. The first-order valence-electron chi connectivity index (χ1n) is 6.76. The minimum atomic E-state index is -0.696. The monoisotopic (exact) mass is 300 g/mol. The Labute approximate surface area is 121 Å². The Bertz CT molecular complexity index is 568. The molecule has 0 aromatic carbocycles. The standard InChI is InChI=1S/C13H20N2O6/c1-8-9(7-16)21-12(11(8)20-6-5-19-2)15-4-3-10(17)14-13(15)18/h3-4,8-9,11-12,16H,5-7H2,1-2H3,(H,14,17,18)/t8-,9-,11-,12-/m1/s1. The fourth-order valence-electron chi connectivity index (χ4n) is 2.41. The lowest BCUT2D eigenvalue weighted by atomic mass is 10.0. The topological polar surface area (TPSA) is 103 Å². The third kappa shape index (κ3) is 3.41. The highest BCUT2D eigenvalue weighted by Gasteiger charge is 2.43. The Morgan fingerprint density at radius 1 is 1.43 bits per heavy atom. The van der Waals surface area contributed by atoms with Gasteiger partial charge in [0.05, 0.1) is 25.9 Å². The second-order valence-electron chi connectivity index (χ2n) is 4.95. The molecule has 4 atom stereocenters. The van der Waals surface area contributed by atoms with E-state index in [9.17, 15) is 14.7 Å². The van der Waals surface area contributed by atoms with E-state index in [-0.39, 0.29) is 12.5 Å². The summed E-state index contributed by atoms with van der Waals surface area (Å²) >= 11 is 0. The van der Waals surface area contributed by atoms with Gasteiger partial charge >= 0.3 is 5.69 Å². The minimum absolute atomic E-state index is 0.101. The van der Waals surface area contributed by atoms with Gasteiger partial charge in [-0.25, -0.2) is 4.79 Å². The van der Waals surface area contributed by atoms with Crippen molar-refractivity contribution in [2.45, 2.75) is 25.4 Å². The summed E-state index contributed by atoms with van der Waals surface area (Å²) in [6.45, 7) is 2.48. The summed E-state index contributed by atoms with van der Waals surface area (Å²) in [6.07, 6.45) is -0.175. The number of aromatic nitrogens is 2. The predicted molar refractivity (Wildman–Crippen MR) is 73.1 cm³/mol. The zero-order valence-electron chi connectivity index (χ0n) is 12.0.